The van der Waals surface area contributed by atoms with E-state index in [0.717, 1.165) is 31.0 Å². The van der Waals surface area contributed by atoms with Crippen molar-refractivity contribution in [1.29, 1.82) is 0 Å². The topological polar surface area (TPSA) is 86.8 Å². The maximum atomic E-state index is 14.0. The molecule has 0 aliphatic heterocycles. The first-order valence-corrected chi connectivity index (χ1v) is 15.0. The number of rotatable bonds is 10. The summed E-state index contributed by atoms with van der Waals surface area (Å²) in [6, 6.07) is 18.5. The molecule has 0 aliphatic rings. The highest BCUT2D eigenvalue weighted by Crippen LogP contribution is 2.28. The summed E-state index contributed by atoms with van der Waals surface area (Å²) >= 11 is 3.42. The first kappa shape index (κ1) is 30.4. The molecule has 0 bridgehead atoms. The van der Waals surface area contributed by atoms with Gasteiger partial charge >= 0.3 is 0 Å². The van der Waals surface area contributed by atoms with Crippen molar-refractivity contribution in [2.75, 3.05) is 10.8 Å². The van der Waals surface area contributed by atoms with Crippen LogP contribution >= 0.6 is 15.9 Å². The van der Waals surface area contributed by atoms with Crippen LogP contribution in [-0.4, -0.2) is 43.8 Å². The SMILES string of the molecule is Cc1ccc(S(=O)(=O)N(CC(=O)N(Cc2ccc(Br)cc2)C(C)C(=O)NC(C)C)c2ccc(C)cc2C)cc1. The van der Waals surface area contributed by atoms with Crippen molar-refractivity contribution in [2.45, 2.75) is 65.1 Å². The molecule has 0 aliphatic carbocycles. The molecular weight excluding hydrogens is 578 g/mol. The molecule has 9 heteroatoms. The zero-order valence-electron chi connectivity index (χ0n) is 23.2. The van der Waals surface area contributed by atoms with Crippen molar-refractivity contribution in [1.82, 2.24) is 10.2 Å². The predicted octanol–water partition coefficient (Wildman–Crippen LogP) is 5.51. The quantitative estimate of drug-likeness (QED) is 0.326. The summed E-state index contributed by atoms with van der Waals surface area (Å²) in [5, 5.41) is 2.86. The first-order chi connectivity index (χ1) is 18.3. The summed E-state index contributed by atoms with van der Waals surface area (Å²) in [6.45, 7) is 10.7. The highest BCUT2D eigenvalue weighted by atomic mass is 79.9. The lowest BCUT2D eigenvalue weighted by atomic mass is 10.1. The van der Waals surface area contributed by atoms with Crippen molar-refractivity contribution in [3.05, 3.63) is 93.5 Å². The lowest BCUT2D eigenvalue weighted by Crippen LogP contribution is -2.52. The Bertz CT molecular complexity index is 1420. The van der Waals surface area contributed by atoms with Gasteiger partial charge < -0.3 is 10.2 Å². The van der Waals surface area contributed by atoms with Crippen molar-refractivity contribution in [3.63, 3.8) is 0 Å². The van der Waals surface area contributed by atoms with Crippen LogP contribution in [-0.2, 0) is 26.2 Å². The average Bonchev–Trinajstić information content (AvgIpc) is 2.86. The number of hydrogen-bond acceptors (Lipinski definition) is 4. The maximum Gasteiger partial charge on any atom is 0.264 e. The summed E-state index contributed by atoms with van der Waals surface area (Å²) < 4.78 is 29.9. The van der Waals surface area contributed by atoms with Gasteiger partial charge in [0.05, 0.1) is 10.6 Å². The third-order valence-electron chi connectivity index (χ3n) is 6.37. The van der Waals surface area contributed by atoms with Gasteiger partial charge in [-0.15, -0.1) is 0 Å². The number of amides is 2. The third-order valence-corrected chi connectivity index (χ3v) is 8.68. The minimum absolute atomic E-state index is 0.0888. The molecule has 7 nitrogen and oxygen atoms in total. The summed E-state index contributed by atoms with van der Waals surface area (Å²) in [4.78, 5) is 28.5. The summed E-state index contributed by atoms with van der Waals surface area (Å²) in [5.74, 6) is -0.796. The zero-order chi connectivity index (χ0) is 28.9. The number of halogens is 1. The van der Waals surface area contributed by atoms with Crippen LogP contribution < -0.4 is 9.62 Å². The maximum absolute atomic E-state index is 14.0. The van der Waals surface area contributed by atoms with E-state index in [1.807, 2.05) is 71.0 Å². The number of benzene rings is 3. The second-order valence-corrected chi connectivity index (χ2v) is 12.9. The smallest absolute Gasteiger partial charge is 0.264 e. The molecule has 1 atom stereocenters. The van der Waals surface area contributed by atoms with Crippen LogP contribution in [0.2, 0.25) is 0 Å². The molecular formula is C30H36BrN3O4S. The molecule has 1 N–H and O–H groups in total. The minimum Gasteiger partial charge on any atom is -0.352 e. The van der Waals surface area contributed by atoms with E-state index < -0.39 is 28.5 Å². The summed E-state index contributed by atoms with van der Waals surface area (Å²) in [5.41, 5.74) is 3.86. The molecule has 208 valence electrons. The van der Waals surface area contributed by atoms with Crippen molar-refractivity contribution in [2.24, 2.45) is 0 Å². The van der Waals surface area contributed by atoms with E-state index in [0.29, 0.717) is 5.69 Å². The summed E-state index contributed by atoms with van der Waals surface area (Å²) in [6.07, 6.45) is 0. The van der Waals surface area contributed by atoms with Gasteiger partial charge in [-0.05, 0) is 83.0 Å². The van der Waals surface area contributed by atoms with Crippen LogP contribution in [0, 0.1) is 20.8 Å². The van der Waals surface area contributed by atoms with Crippen LogP contribution in [0.15, 0.2) is 76.1 Å². The molecule has 1 unspecified atom stereocenters. The van der Waals surface area contributed by atoms with Gasteiger partial charge in [-0.1, -0.05) is 63.5 Å². The number of nitrogens with one attached hydrogen (secondary N) is 1. The first-order valence-electron chi connectivity index (χ1n) is 12.8. The van der Waals surface area contributed by atoms with Crippen LogP contribution in [0.3, 0.4) is 0 Å². The van der Waals surface area contributed by atoms with Gasteiger partial charge in [-0.25, -0.2) is 8.42 Å². The molecule has 0 saturated heterocycles. The Kier molecular flexibility index (Phi) is 9.96. The number of hydrogen-bond donors (Lipinski definition) is 1. The third kappa shape index (κ3) is 7.70. The van der Waals surface area contributed by atoms with Gasteiger partial charge in [0.1, 0.15) is 12.6 Å². The van der Waals surface area contributed by atoms with E-state index >= 15 is 0 Å². The van der Waals surface area contributed by atoms with Crippen molar-refractivity contribution >= 4 is 43.5 Å². The van der Waals surface area contributed by atoms with E-state index in [1.54, 1.807) is 37.3 Å². The molecule has 0 saturated carbocycles. The monoisotopic (exact) mass is 613 g/mol. The number of nitrogens with zero attached hydrogens (tertiary/aromatic N) is 2. The van der Waals surface area contributed by atoms with Gasteiger partial charge in [0.15, 0.2) is 0 Å². The molecule has 0 radical (unpaired) electrons. The molecule has 39 heavy (non-hydrogen) atoms. The number of carbonyl (C=O) groups is 2. The summed E-state index contributed by atoms with van der Waals surface area (Å²) in [7, 11) is -4.10. The zero-order valence-corrected chi connectivity index (χ0v) is 25.6. The van der Waals surface area contributed by atoms with Gasteiger partial charge in [0.2, 0.25) is 11.8 Å². The Labute approximate surface area is 240 Å². The molecule has 3 aromatic rings. The largest absolute Gasteiger partial charge is 0.352 e. The molecule has 0 fully saturated rings. The van der Waals surface area contributed by atoms with E-state index in [2.05, 4.69) is 21.2 Å². The Morgan fingerprint density at radius 3 is 2.03 bits per heavy atom. The van der Waals surface area contributed by atoms with E-state index in [4.69, 9.17) is 0 Å². The van der Waals surface area contributed by atoms with E-state index in [1.165, 1.54) is 4.90 Å². The van der Waals surface area contributed by atoms with Crippen LogP contribution in [0.4, 0.5) is 5.69 Å². The number of sulfonamides is 1. The van der Waals surface area contributed by atoms with Gasteiger partial charge in [0.25, 0.3) is 10.0 Å². The standard InChI is InChI=1S/C30H36BrN3O4S/c1-20(2)32-30(36)24(6)33(18-25-10-12-26(31)13-11-25)29(35)19-34(28-16-9-22(4)17-23(28)5)39(37,38)27-14-7-21(3)8-15-27/h7-17,20,24H,18-19H2,1-6H3,(H,32,36). The fourth-order valence-electron chi connectivity index (χ4n) is 4.21. The number of carbonyl (C=O) groups excluding carboxylic acids is 2. The highest BCUT2D eigenvalue weighted by Gasteiger charge is 2.33. The average molecular weight is 615 g/mol. The highest BCUT2D eigenvalue weighted by molar-refractivity contribution is 9.10. The van der Waals surface area contributed by atoms with E-state index in [-0.39, 0.29) is 23.4 Å². The lowest BCUT2D eigenvalue weighted by Gasteiger charge is -2.32. The Morgan fingerprint density at radius 1 is 0.872 bits per heavy atom. The van der Waals surface area contributed by atoms with Crippen LogP contribution in [0.1, 0.15) is 43.0 Å². The lowest BCUT2D eigenvalue weighted by molar-refractivity contribution is -0.139. The van der Waals surface area contributed by atoms with Crippen molar-refractivity contribution < 1.29 is 18.0 Å². The van der Waals surface area contributed by atoms with E-state index in [9.17, 15) is 18.0 Å². The number of anilines is 1. The van der Waals surface area contributed by atoms with Crippen LogP contribution in [0.25, 0.3) is 0 Å². The minimum atomic E-state index is -4.10. The molecule has 0 heterocycles. The van der Waals surface area contributed by atoms with Gasteiger partial charge in [-0.2, -0.15) is 0 Å². The molecule has 0 spiro atoms. The second kappa shape index (κ2) is 12.8. The second-order valence-electron chi connectivity index (χ2n) is 10.1. The molecule has 3 aromatic carbocycles. The van der Waals surface area contributed by atoms with Gasteiger partial charge in [0, 0.05) is 17.1 Å². The Morgan fingerprint density at radius 2 is 1.46 bits per heavy atom. The molecule has 2 amide bonds. The Balaban J connectivity index is 2.06. The molecule has 0 aromatic heterocycles. The fourth-order valence-corrected chi connectivity index (χ4v) is 5.95. The predicted molar refractivity (Wildman–Crippen MR) is 159 cm³/mol. The Hall–Kier alpha value is -3.17. The normalized spacial score (nSPS) is 12.2. The van der Waals surface area contributed by atoms with Crippen LogP contribution in [0.5, 0.6) is 0 Å². The fraction of sp³-hybridized carbons (Fsp3) is 0.333. The van der Waals surface area contributed by atoms with Gasteiger partial charge in [-0.3, -0.25) is 13.9 Å². The molecule has 3 rings (SSSR count). The number of aryl methyl sites for hydroxylation is 3. The van der Waals surface area contributed by atoms with Crippen molar-refractivity contribution in [3.8, 4) is 0 Å².